The van der Waals surface area contributed by atoms with Crippen molar-refractivity contribution in [3.63, 3.8) is 0 Å². The molecule has 3 aromatic rings. The quantitative estimate of drug-likeness (QED) is 0.779. The number of imidazole rings is 1. The van der Waals surface area contributed by atoms with Crippen LogP contribution < -0.4 is 5.73 Å². The summed E-state index contributed by atoms with van der Waals surface area (Å²) in [5.74, 6) is 0.938. The molecule has 6 nitrogen and oxygen atoms in total. The van der Waals surface area contributed by atoms with Crippen molar-refractivity contribution in [2.75, 3.05) is 0 Å². The van der Waals surface area contributed by atoms with Crippen molar-refractivity contribution < 1.29 is 4.52 Å². The molecule has 20 heavy (non-hydrogen) atoms. The van der Waals surface area contributed by atoms with Gasteiger partial charge in [-0.2, -0.15) is 4.98 Å². The fourth-order valence-electron chi connectivity index (χ4n) is 2.02. The van der Waals surface area contributed by atoms with Crippen LogP contribution in [-0.4, -0.2) is 19.7 Å². The van der Waals surface area contributed by atoms with Crippen LogP contribution in [0.3, 0.4) is 0 Å². The molecule has 6 heteroatoms. The maximum atomic E-state index is 6.11. The second-order valence-corrected chi connectivity index (χ2v) is 4.64. The maximum Gasteiger partial charge on any atom is 0.244 e. The van der Waals surface area contributed by atoms with Crippen molar-refractivity contribution in [3.05, 3.63) is 54.3 Å². The van der Waals surface area contributed by atoms with Crippen LogP contribution in [0, 0.1) is 0 Å². The summed E-state index contributed by atoms with van der Waals surface area (Å²) in [6, 6.07) is 9.68. The Balaban J connectivity index is 1.78. The first-order valence-corrected chi connectivity index (χ1v) is 6.34. The fourth-order valence-corrected chi connectivity index (χ4v) is 2.02. The second-order valence-electron chi connectivity index (χ2n) is 4.64. The summed E-state index contributed by atoms with van der Waals surface area (Å²) in [6.07, 6.45) is 4.04. The van der Waals surface area contributed by atoms with E-state index in [1.54, 1.807) is 12.5 Å². The van der Waals surface area contributed by atoms with Crippen molar-refractivity contribution >= 4 is 0 Å². The third-order valence-corrected chi connectivity index (χ3v) is 3.10. The van der Waals surface area contributed by atoms with E-state index in [0.29, 0.717) is 18.1 Å². The first-order valence-electron chi connectivity index (χ1n) is 6.34. The molecule has 0 saturated heterocycles. The predicted molar refractivity (Wildman–Crippen MR) is 73.6 cm³/mol. The van der Waals surface area contributed by atoms with Gasteiger partial charge >= 0.3 is 0 Å². The summed E-state index contributed by atoms with van der Waals surface area (Å²) in [6.45, 7) is 0. The lowest BCUT2D eigenvalue weighted by molar-refractivity contribution is 0.354. The van der Waals surface area contributed by atoms with E-state index >= 15 is 0 Å². The van der Waals surface area contributed by atoms with Crippen LogP contribution in [0.1, 0.15) is 17.5 Å². The van der Waals surface area contributed by atoms with Crippen molar-refractivity contribution in [3.8, 4) is 11.5 Å². The zero-order chi connectivity index (χ0) is 13.9. The van der Waals surface area contributed by atoms with E-state index in [9.17, 15) is 0 Å². The number of aromatic nitrogens is 4. The molecule has 1 atom stereocenters. The van der Waals surface area contributed by atoms with Gasteiger partial charge in [0, 0.05) is 7.05 Å². The molecular weight excluding hydrogens is 254 g/mol. The summed E-state index contributed by atoms with van der Waals surface area (Å²) in [5.41, 5.74) is 8.05. The van der Waals surface area contributed by atoms with Gasteiger partial charge in [-0.15, -0.1) is 0 Å². The molecule has 1 aromatic carbocycles. The highest BCUT2D eigenvalue weighted by Gasteiger charge is 2.17. The summed E-state index contributed by atoms with van der Waals surface area (Å²) in [7, 11) is 1.88. The van der Waals surface area contributed by atoms with Crippen LogP contribution in [0.15, 0.2) is 47.4 Å². The molecule has 102 valence electrons. The molecule has 3 rings (SSSR count). The number of nitrogens with zero attached hydrogens (tertiary/aromatic N) is 4. The topological polar surface area (TPSA) is 82.8 Å². The Kier molecular flexibility index (Phi) is 3.30. The van der Waals surface area contributed by atoms with E-state index in [4.69, 9.17) is 10.3 Å². The molecule has 1 unspecified atom stereocenters. The smallest absolute Gasteiger partial charge is 0.244 e. The van der Waals surface area contributed by atoms with E-state index < -0.39 is 0 Å². The van der Waals surface area contributed by atoms with Gasteiger partial charge in [0.05, 0.1) is 18.6 Å². The normalized spacial score (nSPS) is 12.5. The average molecular weight is 269 g/mol. The highest BCUT2D eigenvalue weighted by Crippen LogP contribution is 2.19. The van der Waals surface area contributed by atoms with Gasteiger partial charge in [0.15, 0.2) is 0 Å². The Morgan fingerprint density at radius 1 is 1.30 bits per heavy atom. The van der Waals surface area contributed by atoms with Crippen LogP contribution in [0.2, 0.25) is 0 Å². The average Bonchev–Trinajstić information content (AvgIpc) is 3.08. The summed E-state index contributed by atoms with van der Waals surface area (Å²) < 4.78 is 7.08. The molecule has 0 bridgehead atoms. The molecule has 0 aliphatic carbocycles. The number of hydrogen-bond acceptors (Lipinski definition) is 5. The van der Waals surface area contributed by atoms with Crippen LogP contribution >= 0.6 is 0 Å². The van der Waals surface area contributed by atoms with Crippen LogP contribution in [0.4, 0.5) is 0 Å². The standard InChI is InChI=1S/C14H15N5O/c1-19-9-16-8-12(19)13-17-14(20-18-13)11(15)7-10-5-3-2-4-6-10/h2-6,8-9,11H,7,15H2,1H3. The Hall–Kier alpha value is -2.47. The molecule has 2 heterocycles. The van der Waals surface area contributed by atoms with Crippen molar-refractivity contribution in [2.24, 2.45) is 12.8 Å². The molecule has 0 aliphatic heterocycles. The molecule has 2 N–H and O–H groups in total. The predicted octanol–water partition coefficient (Wildman–Crippen LogP) is 1.71. The molecule has 2 aromatic heterocycles. The first-order chi connectivity index (χ1) is 9.74. The zero-order valence-electron chi connectivity index (χ0n) is 11.1. The fraction of sp³-hybridized carbons (Fsp3) is 0.214. The van der Waals surface area contributed by atoms with E-state index in [1.165, 1.54) is 0 Å². The first kappa shape index (κ1) is 12.6. The minimum Gasteiger partial charge on any atom is -0.337 e. The molecule has 0 saturated carbocycles. The highest BCUT2D eigenvalue weighted by atomic mass is 16.5. The minimum atomic E-state index is -0.313. The van der Waals surface area contributed by atoms with Gasteiger partial charge in [0.25, 0.3) is 0 Å². The Bertz CT molecular complexity index is 688. The van der Waals surface area contributed by atoms with Crippen LogP contribution in [-0.2, 0) is 13.5 Å². The van der Waals surface area contributed by atoms with E-state index in [-0.39, 0.29) is 6.04 Å². The zero-order valence-corrected chi connectivity index (χ0v) is 11.1. The van der Waals surface area contributed by atoms with Crippen LogP contribution in [0.5, 0.6) is 0 Å². The van der Waals surface area contributed by atoms with Gasteiger partial charge in [0.2, 0.25) is 11.7 Å². The molecule has 0 radical (unpaired) electrons. The van der Waals surface area contributed by atoms with Crippen molar-refractivity contribution in [2.45, 2.75) is 12.5 Å². The lowest BCUT2D eigenvalue weighted by Crippen LogP contribution is -2.13. The Labute approximate surface area is 116 Å². The second kappa shape index (κ2) is 5.26. The lowest BCUT2D eigenvalue weighted by atomic mass is 10.1. The molecule has 0 amide bonds. The van der Waals surface area contributed by atoms with Crippen molar-refractivity contribution in [1.82, 2.24) is 19.7 Å². The van der Waals surface area contributed by atoms with Gasteiger partial charge in [-0.3, -0.25) is 0 Å². The summed E-state index contributed by atoms with van der Waals surface area (Å²) in [4.78, 5) is 8.38. The number of benzene rings is 1. The van der Waals surface area contributed by atoms with Crippen LogP contribution in [0.25, 0.3) is 11.5 Å². The van der Waals surface area contributed by atoms with Gasteiger partial charge < -0.3 is 14.8 Å². The van der Waals surface area contributed by atoms with E-state index in [0.717, 1.165) is 11.3 Å². The number of rotatable bonds is 4. The lowest BCUT2D eigenvalue weighted by Gasteiger charge is -2.05. The van der Waals surface area contributed by atoms with Gasteiger partial charge in [0.1, 0.15) is 5.69 Å². The van der Waals surface area contributed by atoms with Crippen molar-refractivity contribution in [1.29, 1.82) is 0 Å². The summed E-state index contributed by atoms with van der Waals surface area (Å²) in [5, 5.41) is 3.96. The molecular formula is C14H15N5O. The van der Waals surface area contributed by atoms with Gasteiger partial charge in [-0.25, -0.2) is 4.98 Å². The SMILES string of the molecule is Cn1cncc1-c1noc(C(N)Cc2ccccc2)n1. The summed E-state index contributed by atoms with van der Waals surface area (Å²) >= 11 is 0. The Morgan fingerprint density at radius 3 is 2.80 bits per heavy atom. The minimum absolute atomic E-state index is 0.313. The number of aryl methyl sites for hydroxylation is 1. The highest BCUT2D eigenvalue weighted by molar-refractivity contribution is 5.47. The number of nitrogens with two attached hydrogens (primary N) is 1. The van der Waals surface area contributed by atoms with Gasteiger partial charge in [-0.05, 0) is 12.0 Å². The van der Waals surface area contributed by atoms with Gasteiger partial charge in [-0.1, -0.05) is 35.5 Å². The van der Waals surface area contributed by atoms with E-state index in [1.807, 2.05) is 41.9 Å². The largest absolute Gasteiger partial charge is 0.337 e. The third kappa shape index (κ3) is 2.46. The Morgan fingerprint density at radius 2 is 2.10 bits per heavy atom. The maximum absolute atomic E-state index is 6.11. The molecule has 0 aliphatic rings. The van der Waals surface area contributed by atoms with E-state index in [2.05, 4.69) is 15.1 Å². The molecule has 0 spiro atoms. The molecule has 0 fully saturated rings. The monoisotopic (exact) mass is 269 g/mol. The number of hydrogen-bond donors (Lipinski definition) is 1. The third-order valence-electron chi connectivity index (χ3n) is 3.10.